The Kier molecular flexibility index (Phi) is 4.73. The summed E-state index contributed by atoms with van der Waals surface area (Å²) in [4.78, 5) is 24.0. The molecule has 17 heavy (non-hydrogen) atoms. The standard InChI is InChI=1S/C13H21NO3/c1-13(2,3)17-12(16)14-9-5-4-7-11(14)8-6-10-15/h6,8,10-11H,4-5,7,9H2,1-3H3/b8-6+. The third kappa shape index (κ3) is 4.59. The van der Waals surface area contributed by atoms with Gasteiger partial charge in [0.25, 0.3) is 0 Å². The molecule has 1 aliphatic rings. The molecule has 1 saturated heterocycles. The van der Waals surface area contributed by atoms with E-state index >= 15 is 0 Å². The van der Waals surface area contributed by atoms with Crippen molar-refractivity contribution < 1.29 is 14.3 Å². The molecular weight excluding hydrogens is 218 g/mol. The summed E-state index contributed by atoms with van der Waals surface area (Å²) in [6, 6.07) is -0.0104. The molecule has 0 N–H and O–H groups in total. The molecule has 0 aliphatic carbocycles. The number of aldehydes is 1. The molecule has 1 amide bonds. The third-order valence-corrected chi connectivity index (χ3v) is 2.59. The Balaban J connectivity index is 2.67. The van der Waals surface area contributed by atoms with E-state index in [1.165, 1.54) is 6.08 Å². The summed E-state index contributed by atoms with van der Waals surface area (Å²) in [7, 11) is 0. The first-order valence-electron chi connectivity index (χ1n) is 6.05. The van der Waals surface area contributed by atoms with Gasteiger partial charge in [-0.2, -0.15) is 0 Å². The minimum absolute atomic E-state index is 0.0104. The van der Waals surface area contributed by atoms with Gasteiger partial charge in [0.2, 0.25) is 0 Å². The van der Waals surface area contributed by atoms with E-state index < -0.39 is 5.60 Å². The fourth-order valence-electron chi connectivity index (χ4n) is 1.88. The number of rotatable bonds is 2. The summed E-state index contributed by atoms with van der Waals surface area (Å²) < 4.78 is 5.35. The predicted molar refractivity (Wildman–Crippen MR) is 65.8 cm³/mol. The van der Waals surface area contributed by atoms with Crippen molar-refractivity contribution in [1.82, 2.24) is 4.90 Å². The molecule has 1 rings (SSSR count). The minimum atomic E-state index is -0.479. The molecule has 1 fully saturated rings. The first-order valence-corrected chi connectivity index (χ1v) is 6.05. The fraction of sp³-hybridized carbons (Fsp3) is 0.692. The van der Waals surface area contributed by atoms with Crippen LogP contribution in [0.5, 0.6) is 0 Å². The first kappa shape index (κ1) is 13.7. The summed E-state index contributed by atoms with van der Waals surface area (Å²) in [5, 5.41) is 0. The van der Waals surface area contributed by atoms with Gasteiger partial charge in [0, 0.05) is 6.54 Å². The van der Waals surface area contributed by atoms with E-state index in [1.807, 2.05) is 20.8 Å². The van der Waals surface area contributed by atoms with Crippen molar-refractivity contribution in [3.8, 4) is 0 Å². The first-order chi connectivity index (χ1) is 7.94. The number of nitrogens with zero attached hydrogens (tertiary/aromatic N) is 1. The van der Waals surface area contributed by atoms with Crippen molar-refractivity contribution in [2.45, 2.75) is 51.7 Å². The van der Waals surface area contributed by atoms with Gasteiger partial charge in [0.1, 0.15) is 11.9 Å². The van der Waals surface area contributed by atoms with Crippen LogP contribution < -0.4 is 0 Å². The van der Waals surface area contributed by atoms with Gasteiger partial charge in [0.05, 0.1) is 6.04 Å². The van der Waals surface area contributed by atoms with Crippen LogP contribution in [-0.2, 0) is 9.53 Å². The quantitative estimate of drug-likeness (QED) is 0.549. The van der Waals surface area contributed by atoms with Crippen LogP contribution >= 0.6 is 0 Å². The molecule has 0 radical (unpaired) electrons. The van der Waals surface area contributed by atoms with Gasteiger partial charge >= 0.3 is 6.09 Å². The number of amides is 1. The number of carbonyl (C=O) groups is 2. The average molecular weight is 239 g/mol. The average Bonchev–Trinajstić information content (AvgIpc) is 2.24. The Hall–Kier alpha value is -1.32. The van der Waals surface area contributed by atoms with E-state index in [1.54, 1.807) is 11.0 Å². The second-order valence-corrected chi connectivity index (χ2v) is 5.26. The third-order valence-electron chi connectivity index (χ3n) is 2.59. The van der Waals surface area contributed by atoms with Gasteiger partial charge in [-0.15, -0.1) is 0 Å². The molecule has 96 valence electrons. The molecule has 4 heteroatoms. The zero-order valence-electron chi connectivity index (χ0n) is 10.8. The number of likely N-dealkylation sites (tertiary alicyclic amines) is 1. The number of piperidine rings is 1. The summed E-state index contributed by atoms with van der Waals surface area (Å²) in [6.45, 7) is 6.25. The summed E-state index contributed by atoms with van der Waals surface area (Å²) in [5.41, 5.74) is -0.479. The zero-order chi connectivity index (χ0) is 12.9. The van der Waals surface area contributed by atoms with Crippen LogP contribution in [0.15, 0.2) is 12.2 Å². The normalized spacial score (nSPS) is 21.6. The molecule has 0 bridgehead atoms. The molecule has 4 nitrogen and oxygen atoms in total. The lowest BCUT2D eigenvalue weighted by molar-refractivity contribution is -0.104. The van der Waals surface area contributed by atoms with Crippen LogP contribution in [0, 0.1) is 0 Å². The van der Waals surface area contributed by atoms with Crippen molar-refractivity contribution in [3.63, 3.8) is 0 Å². The van der Waals surface area contributed by atoms with Crippen LogP contribution in [0.2, 0.25) is 0 Å². The highest BCUT2D eigenvalue weighted by atomic mass is 16.6. The van der Waals surface area contributed by atoms with E-state index in [9.17, 15) is 9.59 Å². The molecule has 0 aromatic heterocycles. The lowest BCUT2D eigenvalue weighted by atomic mass is 10.0. The van der Waals surface area contributed by atoms with Gasteiger partial charge in [0.15, 0.2) is 0 Å². The Morgan fingerprint density at radius 2 is 2.06 bits per heavy atom. The summed E-state index contributed by atoms with van der Waals surface area (Å²) >= 11 is 0. The maximum absolute atomic E-state index is 12.0. The second kappa shape index (κ2) is 5.84. The lowest BCUT2D eigenvalue weighted by Gasteiger charge is -2.35. The lowest BCUT2D eigenvalue weighted by Crippen LogP contribution is -2.45. The molecule has 1 heterocycles. The van der Waals surface area contributed by atoms with Crippen molar-refractivity contribution in [2.75, 3.05) is 6.54 Å². The Morgan fingerprint density at radius 1 is 1.35 bits per heavy atom. The van der Waals surface area contributed by atoms with Crippen LogP contribution in [0.1, 0.15) is 40.0 Å². The maximum atomic E-state index is 12.0. The van der Waals surface area contributed by atoms with Crippen molar-refractivity contribution in [1.29, 1.82) is 0 Å². The zero-order valence-corrected chi connectivity index (χ0v) is 10.8. The van der Waals surface area contributed by atoms with Gasteiger partial charge < -0.3 is 9.64 Å². The monoisotopic (exact) mass is 239 g/mol. The Labute approximate surface area is 103 Å². The highest BCUT2D eigenvalue weighted by Gasteiger charge is 2.28. The van der Waals surface area contributed by atoms with E-state index in [-0.39, 0.29) is 12.1 Å². The fourth-order valence-corrected chi connectivity index (χ4v) is 1.88. The predicted octanol–water partition coefficient (Wildman–Crippen LogP) is 2.53. The maximum Gasteiger partial charge on any atom is 0.410 e. The van der Waals surface area contributed by atoms with E-state index in [0.717, 1.165) is 25.5 Å². The van der Waals surface area contributed by atoms with Crippen LogP contribution in [-0.4, -0.2) is 35.5 Å². The molecule has 0 aromatic rings. The van der Waals surface area contributed by atoms with Crippen molar-refractivity contribution in [3.05, 3.63) is 12.2 Å². The van der Waals surface area contributed by atoms with Gasteiger partial charge in [-0.3, -0.25) is 4.79 Å². The van der Waals surface area contributed by atoms with Crippen LogP contribution in [0.4, 0.5) is 4.79 Å². The number of carbonyl (C=O) groups excluding carboxylic acids is 2. The van der Waals surface area contributed by atoms with Gasteiger partial charge in [-0.25, -0.2) is 4.79 Å². The molecular formula is C13H21NO3. The topological polar surface area (TPSA) is 46.6 Å². The second-order valence-electron chi connectivity index (χ2n) is 5.26. The molecule has 1 atom stereocenters. The number of allylic oxidation sites excluding steroid dienone is 1. The smallest absolute Gasteiger partial charge is 0.410 e. The van der Waals surface area contributed by atoms with Crippen LogP contribution in [0.3, 0.4) is 0 Å². The minimum Gasteiger partial charge on any atom is -0.444 e. The molecule has 1 unspecified atom stereocenters. The van der Waals surface area contributed by atoms with E-state index in [0.29, 0.717) is 6.54 Å². The van der Waals surface area contributed by atoms with E-state index in [2.05, 4.69) is 0 Å². The van der Waals surface area contributed by atoms with Crippen molar-refractivity contribution >= 4 is 12.4 Å². The molecule has 1 aliphatic heterocycles. The highest BCUT2D eigenvalue weighted by Crippen LogP contribution is 2.21. The highest BCUT2D eigenvalue weighted by molar-refractivity contribution is 5.70. The summed E-state index contributed by atoms with van der Waals surface area (Å²) in [6.07, 6.45) is 6.63. The molecule has 0 spiro atoms. The summed E-state index contributed by atoms with van der Waals surface area (Å²) in [5.74, 6) is 0. The Bertz CT molecular complexity index is 304. The van der Waals surface area contributed by atoms with Crippen LogP contribution in [0.25, 0.3) is 0 Å². The van der Waals surface area contributed by atoms with Crippen molar-refractivity contribution in [2.24, 2.45) is 0 Å². The number of hydrogen-bond donors (Lipinski definition) is 0. The van der Waals surface area contributed by atoms with Gasteiger partial charge in [-0.1, -0.05) is 6.08 Å². The van der Waals surface area contributed by atoms with Gasteiger partial charge in [-0.05, 0) is 46.1 Å². The number of hydrogen-bond acceptors (Lipinski definition) is 3. The van der Waals surface area contributed by atoms with E-state index in [4.69, 9.17) is 4.74 Å². The Morgan fingerprint density at radius 3 is 2.65 bits per heavy atom. The largest absolute Gasteiger partial charge is 0.444 e. The molecule has 0 aromatic carbocycles. The SMILES string of the molecule is CC(C)(C)OC(=O)N1CCCCC1/C=C/C=O. The number of ether oxygens (including phenoxy) is 1. The molecule has 0 saturated carbocycles.